The van der Waals surface area contributed by atoms with Crippen molar-refractivity contribution in [2.75, 3.05) is 14.2 Å². The maximum absolute atomic E-state index is 11.0. The number of fused-ring (bicyclic) bond motifs is 1. The molecule has 3 rings (SSSR count). The average Bonchev–Trinajstić information content (AvgIpc) is 2.60. The van der Waals surface area contributed by atoms with Gasteiger partial charge in [0.15, 0.2) is 11.5 Å². The Morgan fingerprint density at radius 3 is 2.29 bits per heavy atom. The number of hydrogen-bond acceptors (Lipinski definition) is 6. The molecule has 1 fully saturated rings. The van der Waals surface area contributed by atoms with Crippen molar-refractivity contribution in [3.63, 3.8) is 0 Å². The van der Waals surface area contributed by atoms with Crippen LogP contribution in [0.5, 0.6) is 17.4 Å². The Bertz CT molecular complexity index is 741. The summed E-state index contributed by atoms with van der Waals surface area (Å²) in [6.45, 7) is 0. The second-order valence-electron chi connectivity index (χ2n) is 5.83. The third kappa shape index (κ3) is 3.34. The highest BCUT2D eigenvalue weighted by Gasteiger charge is 2.27. The van der Waals surface area contributed by atoms with Crippen molar-refractivity contribution < 1.29 is 24.1 Å². The lowest BCUT2D eigenvalue weighted by Crippen LogP contribution is -2.28. The molecule has 0 bridgehead atoms. The number of rotatable bonds is 5. The number of carbonyl (C=O) groups is 1. The highest BCUT2D eigenvalue weighted by Crippen LogP contribution is 2.32. The van der Waals surface area contributed by atoms with Crippen molar-refractivity contribution in [3.8, 4) is 17.4 Å². The number of carboxylic acid groups (broad SMARTS) is 1. The van der Waals surface area contributed by atoms with E-state index in [9.17, 15) is 4.79 Å². The Morgan fingerprint density at radius 2 is 1.71 bits per heavy atom. The first-order valence-corrected chi connectivity index (χ1v) is 7.89. The number of methoxy groups -OCH3 is 2. The molecule has 0 saturated heterocycles. The van der Waals surface area contributed by atoms with E-state index in [1.165, 1.54) is 0 Å². The fourth-order valence-corrected chi connectivity index (χ4v) is 2.98. The molecule has 1 aromatic heterocycles. The van der Waals surface area contributed by atoms with Gasteiger partial charge in [0.2, 0.25) is 5.88 Å². The predicted molar refractivity (Wildman–Crippen MR) is 86.7 cm³/mol. The smallest absolute Gasteiger partial charge is 0.306 e. The van der Waals surface area contributed by atoms with Gasteiger partial charge in [0.1, 0.15) is 6.10 Å². The van der Waals surface area contributed by atoms with Crippen LogP contribution in [0.3, 0.4) is 0 Å². The third-order valence-electron chi connectivity index (χ3n) is 4.34. The minimum absolute atomic E-state index is 0.0208. The molecule has 7 heteroatoms. The summed E-state index contributed by atoms with van der Waals surface area (Å²) in [5, 5.41) is 9.04. The van der Waals surface area contributed by atoms with E-state index in [1.807, 2.05) is 0 Å². The molecule has 1 saturated carbocycles. The molecule has 0 unspecified atom stereocenters. The van der Waals surface area contributed by atoms with Gasteiger partial charge in [-0.2, -0.15) is 0 Å². The first-order chi connectivity index (χ1) is 11.6. The molecule has 0 atom stereocenters. The van der Waals surface area contributed by atoms with E-state index in [1.54, 1.807) is 32.5 Å². The summed E-state index contributed by atoms with van der Waals surface area (Å²) < 4.78 is 16.4. The second-order valence-corrected chi connectivity index (χ2v) is 5.83. The van der Waals surface area contributed by atoms with Gasteiger partial charge in [-0.3, -0.25) is 4.79 Å². The lowest BCUT2D eigenvalue weighted by molar-refractivity contribution is -0.143. The Hall–Kier alpha value is -2.57. The third-order valence-corrected chi connectivity index (χ3v) is 4.34. The first kappa shape index (κ1) is 16.3. The molecular formula is C17H20N2O5. The van der Waals surface area contributed by atoms with Crippen LogP contribution < -0.4 is 14.2 Å². The Kier molecular flexibility index (Phi) is 4.69. The Labute approximate surface area is 139 Å². The normalized spacial score (nSPS) is 20.6. The molecule has 7 nitrogen and oxygen atoms in total. The molecule has 0 radical (unpaired) electrons. The van der Waals surface area contributed by atoms with Crippen LogP contribution in [0.15, 0.2) is 18.3 Å². The van der Waals surface area contributed by atoms with Gasteiger partial charge in [0, 0.05) is 12.1 Å². The van der Waals surface area contributed by atoms with Crippen molar-refractivity contribution in [2.24, 2.45) is 5.92 Å². The molecule has 0 aliphatic heterocycles. The van der Waals surface area contributed by atoms with Crippen LogP contribution in [0, 0.1) is 5.92 Å². The highest BCUT2D eigenvalue weighted by atomic mass is 16.5. The van der Waals surface area contributed by atoms with E-state index in [0.717, 1.165) is 0 Å². The number of benzene rings is 1. The van der Waals surface area contributed by atoms with Crippen LogP contribution in [-0.4, -0.2) is 41.4 Å². The van der Waals surface area contributed by atoms with Crippen molar-refractivity contribution >= 4 is 17.0 Å². The standard InChI is InChI=1S/C17H20N2O5/c1-22-14-7-12-13(8-15(14)23-2)19-16(9-18-12)24-11-5-3-10(4-6-11)17(20)21/h7-11H,3-6H2,1-2H3,(H,20,21). The summed E-state index contributed by atoms with van der Waals surface area (Å²) in [5.74, 6) is 0.635. The van der Waals surface area contributed by atoms with Crippen LogP contribution in [0.1, 0.15) is 25.7 Å². The molecule has 1 aliphatic carbocycles. The maximum atomic E-state index is 11.0. The molecule has 1 N–H and O–H groups in total. The van der Waals surface area contributed by atoms with Crippen LogP contribution >= 0.6 is 0 Å². The molecule has 24 heavy (non-hydrogen) atoms. The lowest BCUT2D eigenvalue weighted by atomic mass is 9.87. The molecule has 128 valence electrons. The lowest BCUT2D eigenvalue weighted by Gasteiger charge is -2.26. The van der Waals surface area contributed by atoms with E-state index < -0.39 is 5.97 Å². The van der Waals surface area contributed by atoms with Crippen molar-refractivity contribution in [1.82, 2.24) is 9.97 Å². The van der Waals surface area contributed by atoms with Gasteiger partial charge in [-0.25, -0.2) is 9.97 Å². The van der Waals surface area contributed by atoms with E-state index in [4.69, 9.17) is 19.3 Å². The Morgan fingerprint density at radius 1 is 1.08 bits per heavy atom. The fourth-order valence-electron chi connectivity index (χ4n) is 2.98. The van der Waals surface area contributed by atoms with E-state index >= 15 is 0 Å². The van der Waals surface area contributed by atoms with Gasteiger partial charge in [0.25, 0.3) is 0 Å². The molecule has 1 aromatic carbocycles. The zero-order chi connectivity index (χ0) is 17.1. The minimum atomic E-state index is -0.722. The number of carboxylic acids is 1. The highest BCUT2D eigenvalue weighted by molar-refractivity contribution is 5.79. The van der Waals surface area contributed by atoms with Gasteiger partial charge in [0.05, 0.1) is 37.4 Å². The summed E-state index contributed by atoms with van der Waals surface area (Å²) in [7, 11) is 3.14. The van der Waals surface area contributed by atoms with Crippen molar-refractivity contribution in [1.29, 1.82) is 0 Å². The maximum Gasteiger partial charge on any atom is 0.306 e. The van der Waals surface area contributed by atoms with Gasteiger partial charge >= 0.3 is 5.97 Å². The van der Waals surface area contributed by atoms with Gasteiger partial charge in [-0.05, 0) is 25.7 Å². The number of aromatic nitrogens is 2. The molecular weight excluding hydrogens is 312 g/mol. The summed E-state index contributed by atoms with van der Waals surface area (Å²) in [6.07, 6.45) is 4.24. The van der Waals surface area contributed by atoms with Crippen LogP contribution in [0.25, 0.3) is 11.0 Å². The van der Waals surface area contributed by atoms with Crippen LogP contribution in [0.2, 0.25) is 0 Å². The molecule has 1 aliphatic rings. The van der Waals surface area contributed by atoms with E-state index in [0.29, 0.717) is 54.1 Å². The molecule has 1 heterocycles. The SMILES string of the molecule is COc1cc2ncc(OC3CCC(C(=O)O)CC3)nc2cc1OC. The zero-order valence-electron chi connectivity index (χ0n) is 13.7. The van der Waals surface area contributed by atoms with E-state index in [-0.39, 0.29) is 12.0 Å². The second kappa shape index (κ2) is 6.90. The predicted octanol–water partition coefficient (Wildman–Crippen LogP) is 2.67. The van der Waals surface area contributed by atoms with Crippen LogP contribution in [0.4, 0.5) is 0 Å². The minimum Gasteiger partial charge on any atom is -0.493 e. The molecule has 2 aromatic rings. The fraction of sp³-hybridized carbons (Fsp3) is 0.471. The molecule has 0 amide bonds. The van der Waals surface area contributed by atoms with Gasteiger partial charge in [-0.1, -0.05) is 0 Å². The van der Waals surface area contributed by atoms with Crippen LogP contribution in [-0.2, 0) is 4.79 Å². The summed E-state index contributed by atoms with van der Waals surface area (Å²) >= 11 is 0. The first-order valence-electron chi connectivity index (χ1n) is 7.89. The van der Waals surface area contributed by atoms with Gasteiger partial charge < -0.3 is 19.3 Å². The average molecular weight is 332 g/mol. The topological polar surface area (TPSA) is 90.8 Å². The zero-order valence-corrected chi connectivity index (χ0v) is 13.7. The monoisotopic (exact) mass is 332 g/mol. The van der Waals surface area contributed by atoms with Crippen molar-refractivity contribution in [2.45, 2.75) is 31.8 Å². The number of hydrogen-bond donors (Lipinski definition) is 1. The number of ether oxygens (including phenoxy) is 3. The Balaban J connectivity index is 1.75. The largest absolute Gasteiger partial charge is 0.493 e. The van der Waals surface area contributed by atoms with E-state index in [2.05, 4.69) is 9.97 Å². The summed E-state index contributed by atoms with van der Waals surface area (Å²) in [5.41, 5.74) is 1.35. The quantitative estimate of drug-likeness (QED) is 0.900. The number of nitrogens with zero attached hydrogens (tertiary/aromatic N) is 2. The van der Waals surface area contributed by atoms with Gasteiger partial charge in [-0.15, -0.1) is 0 Å². The summed E-state index contributed by atoms with van der Waals surface area (Å²) in [6, 6.07) is 3.53. The summed E-state index contributed by atoms with van der Waals surface area (Å²) in [4.78, 5) is 19.8. The van der Waals surface area contributed by atoms with Crippen molar-refractivity contribution in [3.05, 3.63) is 18.3 Å². The molecule has 0 spiro atoms. The number of aliphatic carboxylic acids is 1.